The number of carbonyl (C=O) groups is 2. The fourth-order valence-electron chi connectivity index (χ4n) is 3.31. The first-order valence-electron chi connectivity index (χ1n) is 9.92. The number of nitrogens with one attached hydrogen (secondary N) is 1. The van der Waals surface area contributed by atoms with Gasteiger partial charge in [0.15, 0.2) is 6.61 Å². The van der Waals surface area contributed by atoms with Gasteiger partial charge in [0.2, 0.25) is 10.0 Å². The number of nitrogen functional groups attached to an aromatic ring is 1. The summed E-state index contributed by atoms with van der Waals surface area (Å²) in [5.74, 6) is -1.27. The van der Waals surface area contributed by atoms with E-state index in [9.17, 15) is 18.0 Å². The zero-order valence-electron chi connectivity index (χ0n) is 17.5. The molecule has 1 heterocycles. The van der Waals surface area contributed by atoms with E-state index in [0.29, 0.717) is 18.1 Å². The first-order valence-corrected chi connectivity index (χ1v) is 11.7. The first kappa shape index (κ1) is 23.8. The number of anilines is 2. The van der Waals surface area contributed by atoms with Gasteiger partial charge >= 0.3 is 5.97 Å². The maximum absolute atomic E-state index is 13.1. The van der Waals surface area contributed by atoms with Crippen LogP contribution in [0.25, 0.3) is 0 Å². The number of sulfonamides is 1. The Morgan fingerprint density at radius 1 is 1.12 bits per heavy atom. The van der Waals surface area contributed by atoms with Crippen molar-refractivity contribution in [1.82, 2.24) is 4.31 Å². The van der Waals surface area contributed by atoms with E-state index in [2.05, 4.69) is 5.32 Å². The Hall–Kier alpha value is -2.82. The number of nitrogens with two attached hydrogens (primary N) is 1. The van der Waals surface area contributed by atoms with Gasteiger partial charge in [0, 0.05) is 29.5 Å². The third-order valence-corrected chi connectivity index (χ3v) is 7.10. The summed E-state index contributed by atoms with van der Waals surface area (Å²) in [4.78, 5) is 24.4. The van der Waals surface area contributed by atoms with Crippen LogP contribution in [-0.4, -0.2) is 51.4 Å². The SMILES string of the molecule is COc1ccc(NC(=O)COC(=O)c2cc(Cl)ccc2N)cc1S(=O)(=O)N1CCCCC1. The number of nitrogens with zero attached hydrogens (tertiary/aromatic N) is 1. The Morgan fingerprint density at radius 2 is 1.84 bits per heavy atom. The van der Waals surface area contributed by atoms with E-state index in [-0.39, 0.29) is 27.6 Å². The Balaban J connectivity index is 1.70. The quantitative estimate of drug-likeness (QED) is 0.459. The summed E-state index contributed by atoms with van der Waals surface area (Å²) in [5.41, 5.74) is 6.18. The van der Waals surface area contributed by atoms with Crippen LogP contribution in [0.15, 0.2) is 41.3 Å². The molecule has 0 aromatic heterocycles. The number of halogens is 1. The molecule has 1 aliphatic rings. The lowest BCUT2D eigenvalue weighted by molar-refractivity contribution is -0.119. The molecule has 11 heteroatoms. The van der Waals surface area contributed by atoms with Gasteiger partial charge in [-0.15, -0.1) is 0 Å². The second-order valence-corrected chi connectivity index (χ2v) is 9.53. The van der Waals surface area contributed by atoms with Gasteiger partial charge in [-0.2, -0.15) is 4.31 Å². The molecule has 0 radical (unpaired) electrons. The van der Waals surface area contributed by atoms with E-state index in [4.69, 9.17) is 26.8 Å². The van der Waals surface area contributed by atoms with Gasteiger partial charge in [-0.1, -0.05) is 18.0 Å². The Bertz CT molecular complexity index is 1120. The number of piperidine rings is 1. The lowest BCUT2D eigenvalue weighted by Gasteiger charge is -2.26. The van der Waals surface area contributed by atoms with Crippen LogP contribution in [-0.2, 0) is 19.6 Å². The van der Waals surface area contributed by atoms with E-state index in [1.54, 1.807) is 0 Å². The second kappa shape index (κ2) is 10.2. The number of methoxy groups -OCH3 is 1. The highest BCUT2D eigenvalue weighted by Crippen LogP contribution is 2.31. The Labute approximate surface area is 191 Å². The highest BCUT2D eigenvalue weighted by molar-refractivity contribution is 7.89. The average Bonchev–Trinajstić information content (AvgIpc) is 2.79. The van der Waals surface area contributed by atoms with Crippen LogP contribution in [0, 0.1) is 0 Å². The van der Waals surface area contributed by atoms with Crippen molar-refractivity contribution in [3.63, 3.8) is 0 Å². The van der Waals surface area contributed by atoms with Crippen molar-refractivity contribution in [2.75, 3.05) is 37.9 Å². The van der Waals surface area contributed by atoms with Gasteiger partial charge in [-0.05, 0) is 49.2 Å². The van der Waals surface area contributed by atoms with Gasteiger partial charge in [0.05, 0.1) is 12.7 Å². The number of carbonyl (C=O) groups excluding carboxylic acids is 2. The molecule has 1 saturated heterocycles. The molecule has 172 valence electrons. The number of hydrogen-bond acceptors (Lipinski definition) is 7. The van der Waals surface area contributed by atoms with Gasteiger partial charge in [0.1, 0.15) is 10.6 Å². The second-order valence-electron chi connectivity index (χ2n) is 7.19. The van der Waals surface area contributed by atoms with Gasteiger partial charge in [-0.25, -0.2) is 13.2 Å². The minimum Gasteiger partial charge on any atom is -0.495 e. The number of ether oxygens (including phenoxy) is 2. The standard InChI is InChI=1S/C21H24ClN3O6S/c1-30-18-8-6-15(12-19(18)32(28,29)25-9-3-2-4-10-25)24-20(26)13-31-21(27)16-11-14(22)5-7-17(16)23/h5-8,11-12H,2-4,9-10,13,23H2,1H3,(H,24,26). The van der Waals surface area contributed by atoms with E-state index in [1.165, 1.54) is 47.8 Å². The van der Waals surface area contributed by atoms with E-state index in [1.807, 2.05) is 0 Å². The van der Waals surface area contributed by atoms with Crippen molar-refractivity contribution in [3.8, 4) is 5.75 Å². The summed E-state index contributed by atoms with van der Waals surface area (Å²) in [6, 6.07) is 8.63. The highest BCUT2D eigenvalue weighted by atomic mass is 35.5. The van der Waals surface area contributed by atoms with Gasteiger partial charge < -0.3 is 20.5 Å². The van der Waals surface area contributed by atoms with Crippen LogP contribution in [0.2, 0.25) is 5.02 Å². The molecule has 1 fully saturated rings. The molecule has 3 rings (SSSR count). The number of amides is 1. The molecule has 0 aliphatic carbocycles. The molecular formula is C21H24ClN3O6S. The Morgan fingerprint density at radius 3 is 2.53 bits per heavy atom. The fraction of sp³-hybridized carbons (Fsp3) is 0.333. The van der Waals surface area contributed by atoms with Crippen LogP contribution in [0.5, 0.6) is 5.75 Å². The predicted octanol–water partition coefficient (Wildman–Crippen LogP) is 2.90. The number of esters is 1. The molecule has 0 spiro atoms. The highest BCUT2D eigenvalue weighted by Gasteiger charge is 2.29. The van der Waals surface area contributed by atoms with E-state index >= 15 is 0 Å². The molecule has 32 heavy (non-hydrogen) atoms. The lowest BCUT2D eigenvalue weighted by Crippen LogP contribution is -2.35. The van der Waals surface area contributed by atoms with Crippen molar-refractivity contribution >= 4 is 44.9 Å². The summed E-state index contributed by atoms with van der Waals surface area (Å²) in [5, 5.41) is 2.83. The molecule has 0 saturated carbocycles. The molecule has 0 unspecified atom stereocenters. The molecule has 0 bridgehead atoms. The molecule has 0 atom stereocenters. The van der Waals surface area contributed by atoms with Crippen LogP contribution >= 0.6 is 11.6 Å². The largest absolute Gasteiger partial charge is 0.495 e. The topological polar surface area (TPSA) is 128 Å². The first-order chi connectivity index (χ1) is 15.2. The average molecular weight is 482 g/mol. The van der Waals surface area contributed by atoms with Crippen molar-refractivity contribution < 1.29 is 27.5 Å². The number of rotatable bonds is 7. The minimum absolute atomic E-state index is 0.0385. The normalized spacial score (nSPS) is 14.6. The molecule has 9 nitrogen and oxygen atoms in total. The third-order valence-electron chi connectivity index (χ3n) is 4.95. The van der Waals surface area contributed by atoms with Crippen LogP contribution in [0.1, 0.15) is 29.6 Å². The van der Waals surface area contributed by atoms with E-state index < -0.39 is 28.5 Å². The van der Waals surface area contributed by atoms with Gasteiger partial charge in [0.25, 0.3) is 5.91 Å². The van der Waals surface area contributed by atoms with Crippen LogP contribution < -0.4 is 15.8 Å². The molecule has 1 aliphatic heterocycles. The fourth-order valence-corrected chi connectivity index (χ4v) is 5.18. The zero-order valence-corrected chi connectivity index (χ0v) is 19.0. The van der Waals surface area contributed by atoms with Gasteiger partial charge in [-0.3, -0.25) is 4.79 Å². The summed E-state index contributed by atoms with van der Waals surface area (Å²) in [7, 11) is -2.41. The predicted molar refractivity (Wildman–Crippen MR) is 120 cm³/mol. The molecule has 2 aromatic carbocycles. The van der Waals surface area contributed by atoms with Crippen molar-refractivity contribution in [2.24, 2.45) is 0 Å². The molecule has 3 N–H and O–H groups in total. The summed E-state index contributed by atoms with van der Waals surface area (Å²) >= 11 is 5.86. The van der Waals surface area contributed by atoms with Crippen molar-refractivity contribution in [3.05, 3.63) is 47.0 Å². The maximum Gasteiger partial charge on any atom is 0.340 e. The van der Waals surface area contributed by atoms with E-state index in [0.717, 1.165) is 19.3 Å². The molecule has 1 amide bonds. The lowest BCUT2D eigenvalue weighted by atomic mass is 10.2. The van der Waals surface area contributed by atoms with Crippen molar-refractivity contribution in [1.29, 1.82) is 0 Å². The zero-order chi connectivity index (χ0) is 23.3. The van der Waals surface area contributed by atoms with Crippen molar-refractivity contribution in [2.45, 2.75) is 24.2 Å². The minimum atomic E-state index is -3.79. The third kappa shape index (κ3) is 5.50. The molecular weight excluding hydrogens is 458 g/mol. The maximum atomic E-state index is 13.1. The smallest absolute Gasteiger partial charge is 0.340 e. The van der Waals surface area contributed by atoms with Crippen LogP contribution in [0.4, 0.5) is 11.4 Å². The summed E-state index contributed by atoms with van der Waals surface area (Å²) in [6.07, 6.45) is 2.57. The molecule has 2 aromatic rings. The monoisotopic (exact) mass is 481 g/mol. The van der Waals surface area contributed by atoms with Crippen LogP contribution in [0.3, 0.4) is 0 Å². The Kier molecular flexibility index (Phi) is 7.60. The number of hydrogen-bond donors (Lipinski definition) is 2. The summed E-state index contributed by atoms with van der Waals surface area (Å²) in [6.45, 7) is 0.278. The number of benzene rings is 2. The summed E-state index contributed by atoms with van der Waals surface area (Å²) < 4.78 is 37.8.